The average Bonchev–Trinajstić information content (AvgIpc) is 3.06. The van der Waals surface area contributed by atoms with Crippen LogP contribution in [0.1, 0.15) is 24.2 Å². The van der Waals surface area contributed by atoms with E-state index in [4.69, 9.17) is 4.74 Å². The van der Waals surface area contributed by atoms with Crippen molar-refractivity contribution in [1.29, 1.82) is 0 Å². The molecule has 0 atom stereocenters. The monoisotopic (exact) mass is 322 g/mol. The van der Waals surface area contributed by atoms with Gasteiger partial charge in [0.15, 0.2) is 0 Å². The number of hydrogen-bond acceptors (Lipinski definition) is 2. The van der Waals surface area contributed by atoms with Gasteiger partial charge < -0.3 is 14.6 Å². The molecule has 4 heteroatoms. The van der Waals surface area contributed by atoms with Crippen molar-refractivity contribution in [3.63, 3.8) is 0 Å². The van der Waals surface area contributed by atoms with Gasteiger partial charge in [-0.25, -0.2) is 0 Å². The smallest absolute Gasteiger partial charge is 0.254 e. The maximum atomic E-state index is 12.9. The van der Waals surface area contributed by atoms with E-state index in [1.165, 1.54) is 0 Å². The molecule has 0 aliphatic rings. The van der Waals surface area contributed by atoms with Crippen LogP contribution in [0, 0.1) is 0 Å². The van der Waals surface area contributed by atoms with Crippen molar-refractivity contribution < 1.29 is 9.53 Å². The molecule has 124 valence electrons. The number of amides is 1. The number of carbonyl (C=O) groups excluding carboxylic acids is 1. The summed E-state index contributed by atoms with van der Waals surface area (Å²) >= 11 is 0. The number of nitrogens with one attached hydrogen (secondary N) is 1. The predicted octanol–water partition coefficient (Wildman–Crippen LogP) is 4.33. The number of fused-ring (bicyclic) bond motifs is 1. The second-order valence-corrected chi connectivity index (χ2v) is 5.66. The number of aromatic amines is 1. The minimum atomic E-state index is 0.0209. The minimum absolute atomic E-state index is 0.0209. The van der Waals surface area contributed by atoms with Crippen LogP contribution in [-0.4, -0.2) is 36.0 Å². The molecule has 0 radical (unpaired) electrons. The molecule has 1 heterocycles. The van der Waals surface area contributed by atoms with Gasteiger partial charge in [0.1, 0.15) is 5.75 Å². The number of benzene rings is 2. The van der Waals surface area contributed by atoms with Gasteiger partial charge in [-0.05, 0) is 44.2 Å². The first-order chi connectivity index (χ1) is 11.7. The fraction of sp³-hybridized carbons (Fsp3) is 0.250. The lowest BCUT2D eigenvalue weighted by molar-refractivity contribution is 0.0773. The normalized spacial score (nSPS) is 10.8. The first-order valence-corrected chi connectivity index (χ1v) is 8.23. The van der Waals surface area contributed by atoms with Crippen LogP contribution in [0.25, 0.3) is 22.2 Å². The standard InChI is InChI=1S/C20H22N2O2/c1-4-22(5-2)20(23)17-13-15(24-3)10-11-16(17)19-12-14-8-6-7-9-18(14)21-19/h6-13,21H,4-5H2,1-3H3. The van der Waals surface area contributed by atoms with E-state index in [0.717, 1.165) is 22.2 Å². The number of methoxy groups -OCH3 is 1. The number of hydrogen-bond donors (Lipinski definition) is 1. The minimum Gasteiger partial charge on any atom is -0.497 e. The van der Waals surface area contributed by atoms with Crippen molar-refractivity contribution in [1.82, 2.24) is 9.88 Å². The van der Waals surface area contributed by atoms with Gasteiger partial charge in [0, 0.05) is 35.2 Å². The highest BCUT2D eigenvalue weighted by Gasteiger charge is 2.19. The van der Waals surface area contributed by atoms with Crippen LogP contribution in [0.5, 0.6) is 5.75 Å². The maximum Gasteiger partial charge on any atom is 0.254 e. The highest BCUT2D eigenvalue weighted by molar-refractivity contribution is 6.02. The van der Waals surface area contributed by atoms with E-state index in [1.54, 1.807) is 7.11 Å². The zero-order valence-corrected chi connectivity index (χ0v) is 14.3. The van der Waals surface area contributed by atoms with Crippen molar-refractivity contribution >= 4 is 16.8 Å². The molecule has 0 aliphatic heterocycles. The van der Waals surface area contributed by atoms with Crippen LogP contribution in [0.3, 0.4) is 0 Å². The molecule has 3 aromatic rings. The molecule has 4 nitrogen and oxygen atoms in total. The lowest BCUT2D eigenvalue weighted by atomic mass is 10.0. The molecule has 0 bridgehead atoms. The van der Waals surface area contributed by atoms with E-state index < -0.39 is 0 Å². The van der Waals surface area contributed by atoms with E-state index >= 15 is 0 Å². The zero-order valence-electron chi connectivity index (χ0n) is 14.3. The summed E-state index contributed by atoms with van der Waals surface area (Å²) in [5.74, 6) is 0.706. The molecular weight excluding hydrogens is 300 g/mol. The lowest BCUT2D eigenvalue weighted by Gasteiger charge is -2.20. The number of ether oxygens (including phenoxy) is 1. The highest BCUT2D eigenvalue weighted by Crippen LogP contribution is 2.30. The second-order valence-electron chi connectivity index (χ2n) is 5.66. The Bertz CT molecular complexity index is 830. The van der Waals surface area contributed by atoms with E-state index in [2.05, 4.69) is 17.1 Å². The molecule has 0 unspecified atom stereocenters. The summed E-state index contributed by atoms with van der Waals surface area (Å²) in [5.41, 5.74) is 3.55. The molecule has 2 aromatic carbocycles. The summed E-state index contributed by atoms with van der Waals surface area (Å²) in [6, 6.07) is 15.8. The van der Waals surface area contributed by atoms with Gasteiger partial charge >= 0.3 is 0 Å². The first kappa shape index (κ1) is 16.1. The van der Waals surface area contributed by atoms with Gasteiger partial charge in [0.05, 0.1) is 12.7 Å². The molecule has 0 spiro atoms. The number of carbonyl (C=O) groups is 1. The van der Waals surface area contributed by atoms with Crippen LogP contribution in [0.4, 0.5) is 0 Å². The van der Waals surface area contributed by atoms with Crippen LogP contribution < -0.4 is 4.74 Å². The van der Waals surface area contributed by atoms with Crippen LogP contribution >= 0.6 is 0 Å². The Kier molecular flexibility index (Phi) is 4.56. The Morgan fingerprint density at radius 2 is 1.83 bits per heavy atom. The summed E-state index contributed by atoms with van der Waals surface area (Å²) in [5, 5.41) is 1.13. The fourth-order valence-electron chi connectivity index (χ4n) is 2.96. The van der Waals surface area contributed by atoms with Gasteiger partial charge in [-0.15, -0.1) is 0 Å². The first-order valence-electron chi connectivity index (χ1n) is 8.23. The van der Waals surface area contributed by atoms with Crippen molar-refractivity contribution in [2.75, 3.05) is 20.2 Å². The SMILES string of the molecule is CCN(CC)C(=O)c1cc(OC)ccc1-c1cc2ccccc2[nH]1. The highest BCUT2D eigenvalue weighted by atomic mass is 16.5. The molecule has 1 N–H and O–H groups in total. The van der Waals surface area contributed by atoms with Crippen molar-refractivity contribution in [3.05, 3.63) is 54.1 Å². The molecule has 0 saturated carbocycles. The maximum absolute atomic E-state index is 12.9. The fourth-order valence-corrected chi connectivity index (χ4v) is 2.96. The third-order valence-electron chi connectivity index (χ3n) is 4.33. The van der Waals surface area contributed by atoms with Gasteiger partial charge in [0.25, 0.3) is 5.91 Å². The Hall–Kier alpha value is -2.75. The molecule has 0 fully saturated rings. The summed E-state index contributed by atoms with van der Waals surface area (Å²) in [6.07, 6.45) is 0. The van der Waals surface area contributed by atoms with Crippen molar-refractivity contribution in [2.45, 2.75) is 13.8 Å². The van der Waals surface area contributed by atoms with Gasteiger partial charge in [-0.1, -0.05) is 18.2 Å². The summed E-state index contributed by atoms with van der Waals surface area (Å²) < 4.78 is 5.32. The average molecular weight is 322 g/mol. The Morgan fingerprint density at radius 1 is 1.08 bits per heavy atom. The third kappa shape index (κ3) is 2.87. The molecule has 24 heavy (non-hydrogen) atoms. The van der Waals surface area contributed by atoms with Crippen LogP contribution in [0.15, 0.2) is 48.5 Å². The zero-order chi connectivity index (χ0) is 17.1. The molecular formula is C20H22N2O2. The lowest BCUT2D eigenvalue weighted by Crippen LogP contribution is -2.30. The van der Waals surface area contributed by atoms with E-state index in [0.29, 0.717) is 24.4 Å². The topological polar surface area (TPSA) is 45.3 Å². The predicted molar refractivity (Wildman–Crippen MR) is 97.5 cm³/mol. The molecule has 3 rings (SSSR count). The summed E-state index contributed by atoms with van der Waals surface area (Å²) in [6.45, 7) is 5.34. The largest absolute Gasteiger partial charge is 0.497 e. The third-order valence-corrected chi connectivity index (χ3v) is 4.33. The number of H-pyrrole nitrogens is 1. The molecule has 1 aromatic heterocycles. The number of aromatic nitrogens is 1. The quantitative estimate of drug-likeness (QED) is 0.760. The Morgan fingerprint density at radius 3 is 2.50 bits per heavy atom. The van der Waals surface area contributed by atoms with Crippen molar-refractivity contribution in [2.24, 2.45) is 0 Å². The second kappa shape index (κ2) is 6.79. The van der Waals surface area contributed by atoms with Crippen LogP contribution in [0.2, 0.25) is 0 Å². The summed E-state index contributed by atoms with van der Waals surface area (Å²) in [4.78, 5) is 18.2. The van der Waals surface area contributed by atoms with Gasteiger partial charge in [-0.2, -0.15) is 0 Å². The van der Waals surface area contributed by atoms with E-state index in [-0.39, 0.29) is 5.91 Å². The number of nitrogens with zero attached hydrogens (tertiary/aromatic N) is 1. The van der Waals surface area contributed by atoms with Gasteiger partial charge in [0.2, 0.25) is 0 Å². The molecule has 0 saturated heterocycles. The van der Waals surface area contributed by atoms with Gasteiger partial charge in [-0.3, -0.25) is 4.79 Å². The van der Waals surface area contributed by atoms with E-state index in [9.17, 15) is 4.79 Å². The van der Waals surface area contributed by atoms with E-state index in [1.807, 2.05) is 55.1 Å². The number of rotatable bonds is 5. The van der Waals surface area contributed by atoms with Crippen LogP contribution in [-0.2, 0) is 0 Å². The Labute approximate surface area is 142 Å². The number of para-hydroxylation sites is 1. The molecule has 1 amide bonds. The van der Waals surface area contributed by atoms with Crippen molar-refractivity contribution in [3.8, 4) is 17.0 Å². The summed E-state index contributed by atoms with van der Waals surface area (Å²) in [7, 11) is 1.61. The molecule has 0 aliphatic carbocycles. The Balaban J connectivity index is 2.14.